The third-order valence-corrected chi connectivity index (χ3v) is 1.56. The molecule has 0 aliphatic carbocycles. The number of ketones is 2. The Morgan fingerprint density at radius 3 is 0.882 bits per heavy atom. The smallest absolute Gasteiger partial charge is 0.130 e. The van der Waals surface area contributed by atoms with E-state index in [4.69, 9.17) is 0 Å². The van der Waals surface area contributed by atoms with E-state index in [9.17, 15) is 9.59 Å². The second kappa shape index (κ2) is 8.43. The fourth-order valence-electron chi connectivity index (χ4n) is 1.49. The van der Waals surface area contributed by atoms with Gasteiger partial charge in [-0.25, -0.2) is 0 Å². The Hall–Kier alpha value is -0.660. The maximum Gasteiger partial charge on any atom is 0.130 e. The van der Waals surface area contributed by atoms with E-state index in [0.29, 0.717) is 12.8 Å². The monoisotopic (exact) mass is 244 g/mol. The Bertz CT molecular complexity index is 200. The lowest BCUT2D eigenvalue weighted by atomic mass is 9.90. The zero-order valence-electron chi connectivity index (χ0n) is 12.2. The van der Waals surface area contributed by atoms with Gasteiger partial charge in [0.05, 0.1) is 0 Å². The average molecular weight is 244 g/mol. The highest BCUT2D eigenvalue weighted by molar-refractivity contribution is 5.76. The van der Waals surface area contributed by atoms with E-state index in [1.807, 2.05) is 0 Å². The van der Waals surface area contributed by atoms with Gasteiger partial charge >= 0.3 is 0 Å². The molecule has 0 aliphatic rings. The third kappa shape index (κ3) is 31.3. The zero-order chi connectivity index (χ0) is 13.6. The second-order valence-corrected chi connectivity index (χ2v) is 6.88. The topological polar surface area (TPSA) is 34.1 Å². The van der Waals surface area contributed by atoms with E-state index in [2.05, 4.69) is 41.5 Å². The molecule has 0 saturated carbocycles. The van der Waals surface area contributed by atoms with E-state index in [1.165, 1.54) is 0 Å². The summed E-state index contributed by atoms with van der Waals surface area (Å²) in [6, 6.07) is 0. The van der Waals surface area contributed by atoms with Crippen LogP contribution in [-0.4, -0.2) is 11.6 Å². The van der Waals surface area contributed by atoms with Crippen LogP contribution >= 0.6 is 0 Å². The molecule has 0 aromatic carbocycles. The standard InChI is InChI=1S/2C7H14O.CH4/c2*1-6(8)5-7(2,3)4;/h2*5H2,1-4H3;1H4. The molecule has 0 fully saturated rings. The molecule has 0 spiro atoms. The molecule has 0 bridgehead atoms. The summed E-state index contributed by atoms with van der Waals surface area (Å²) in [5.74, 6) is 0.551. The van der Waals surface area contributed by atoms with Crippen molar-refractivity contribution in [2.45, 2.75) is 75.7 Å². The fourth-order valence-corrected chi connectivity index (χ4v) is 1.49. The van der Waals surface area contributed by atoms with Gasteiger partial charge < -0.3 is 9.59 Å². The van der Waals surface area contributed by atoms with Crippen LogP contribution in [0.3, 0.4) is 0 Å². The van der Waals surface area contributed by atoms with Crippen LogP contribution in [0.1, 0.15) is 75.7 Å². The molecular formula is C15H32O2. The first-order valence-electron chi connectivity index (χ1n) is 5.82. The van der Waals surface area contributed by atoms with E-state index in [1.54, 1.807) is 13.8 Å². The van der Waals surface area contributed by atoms with Crippen molar-refractivity contribution in [2.75, 3.05) is 0 Å². The van der Waals surface area contributed by atoms with Gasteiger partial charge in [-0.2, -0.15) is 0 Å². The first kappa shape index (κ1) is 21.6. The molecule has 0 aromatic rings. The van der Waals surface area contributed by atoms with Crippen LogP contribution in [-0.2, 0) is 9.59 Å². The molecular weight excluding hydrogens is 212 g/mol. The lowest BCUT2D eigenvalue weighted by Gasteiger charge is -2.14. The molecule has 0 radical (unpaired) electrons. The molecule has 2 heteroatoms. The molecule has 0 amide bonds. The van der Waals surface area contributed by atoms with Crippen molar-refractivity contribution in [1.82, 2.24) is 0 Å². The predicted molar refractivity (Wildman–Crippen MR) is 76.2 cm³/mol. The number of hydrogen-bond acceptors (Lipinski definition) is 2. The minimum atomic E-state index is 0. The Labute approximate surface area is 108 Å². The molecule has 0 unspecified atom stereocenters. The minimum absolute atomic E-state index is 0. The molecule has 0 saturated heterocycles. The van der Waals surface area contributed by atoms with E-state index in [-0.39, 0.29) is 29.8 Å². The van der Waals surface area contributed by atoms with Gasteiger partial charge in [0, 0.05) is 12.8 Å². The maximum atomic E-state index is 10.5. The molecule has 17 heavy (non-hydrogen) atoms. The van der Waals surface area contributed by atoms with Gasteiger partial charge in [0.25, 0.3) is 0 Å². The van der Waals surface area contributed by atoms with Crippen LogP contribution in [0.15, 0.2) is 0 Å². The summed E-state index contributed by atoms with van der Waals surface area (Å²) in [6.07, 6.45) is 1.37. The molecule has 104 valence electrons. The van der Waals surface area contributed by atoms with Gasteiger partial charge in [-0.3, -0.25) is 0 Å². The molecule has 0 aromatic heterocycles. The van der Waals surface area contributed by atoms with E-state index < -0.39 is 0 Å². The van der Waals surface area contributed by atoms with Crippen molar-refractivity contribution in [2.24, 2.45) is 10.8 Å². The summed E-state index contributed by atoms with van der Waals surface area (Å²) >= 11 is 0. The Morgan fingerprint density at radius 1 is 0.706 bits per heavy atom. The van der Waals surface area contributed by atoms with Crippen LogP contribution in [0.2, 0.25) is 0 Å². The minimum Gasteiger partial charge on any atom is -0.300 e. The van der Waals surface area contributed by atoms with Gasteiger partial charge in [0.15, 0.2) is 0 Å². The quantitative estimate of drug-likeness (QED) is 0.708. The number of hydrogen-bond donors (Lipinski definition) is 0. The maximum absolute atomic E-state index is 10.5. The van der Waals surface area contributed by atoms with Crippen LogP contribution < -0.4 is 0 Å². The second-order valence-electron chi connectivity index (χ2n) is 6.88. The van der Waals surface area contributed by atoms with E-state index in [0.717, 1.165) is 0 Å². The largest absolute Gasteiger partial charge is 0.300 e. The molecule has 0 atom stereocenters. The highest BCUT2D eigenvalue weighted by Gasteiger charge is 2.12. The summed E-state index contributed by atoms with van der Waals surface area (Å²) in [4.78, 5) is 20.9. The average Bonchev–Trinajstić information content (AvgIpc) is 1.72. The van der Waals surface area contributed by atoms with Gasteiger partial charge in [0.1, 0.15) is 11.6 Å². The fraction of sp³-hybridized carbons (Fsp3) is 0.867. The molecule has 0 aliphatic heterocycles. The number of carbonyl (C=O) groups excluding carboxylic acids is 2. The van der Waals surface area contributed by atoms with E-state index >= 15 is 0 Å². The van der Waals surface area contributed by atoms with Crippen molar-refractivity contribution in [3.8, 4) is 0 Å². The van der Waals surface area contributed by atoms with Crippen molar-refractivity contribution in [3.05, 3.63) is 0 Å². The van der Waals surface area contributed by atoms with Crippen molar-refractivity contribution in [3.63, 3.8) is 0 Å². The van der Waals surface area contributed by atoms with Gasteiger partial charge in [-0.1, -0.05) is 49.0 Å². The predicted octanol–water partition coefficient (Wildman–Crippen LogP) is 4.66. The SMILES string of the molecule is C.CC(=O)CC(C)(C)C.CC(=O)CC(C)(C)C. The first-order valence-corrected chi connectivity index (χ1v) is 5.82. The summed E-state index contributed by atoms with van der Waals surface area (Å²) in [5, 5.41) is 0. The van der Waals surface area contributed by atoms with Gasteiger partial charge in [-0.05, 0) is 24.7 Å². The van der Waals surface area contributed by atoms with Gasteiger partial charge in [0.2, 0.25) is 0 Å². The van der Waals surface area contributed by atoms with Crippen LogP contribution in [0, 0.1) is 10.8 Å². The Kier molecular flexibility index (Phi) is 10.7. The summed E-state index contributed by atoms with van der Waals surface area (Å²) in [7, 11) is 0. The Morgan fingerprint density at radius 2 is 0.882 bits per heavy atom. The molecule has 0 N–H and O–H groups in total. The van der Waals surface area contributed by atoms with Crippen molar-refractivity contribution >= 4 is 11.6 Å². The summed E-state index contributed by atoms with van der Waals surface area (Å²) in [5.41, 5.74) is 0.345. The summed E-state index contributed by atoms with van der Waals surface area (Å²) < 4.78 is 0. The summed E-state index contributed by atoms with van der Waals surface area (Å²) in [6.45, 7) is 15.6. The zero-order valence-corrected chi connectivity index (χ0v) is 12.2. The van der Waals surface area contributed by atoms with Gasteiger partial charge in [-0.15, -0.1) is 0 Å². The highest BCUT2D eigenvalue weighted by Crippen LogP contribution is 2.18. The third-order valence-electron chi connectivity index (χ3n) is 1.56. The molecule has 0 heterocycles. The molecule has 0 rings (SSSR count). The number of carbonyl (C=O) groups is 2. The lowest BCUT2D eigenvalue weighted by Crippen LogP contribution is -2.09. The van der Waals surface area contributed by atoms with Crippen LogP contribution in [0.5, 0.6) is 0 Å². The van der Waals surface area contributed by atoms with Crippen LogP contribution in [0.4, 0.5) is 0 Å². The van der Waals surface area contributed by atoms with Crippen LogP contribution in [0.25, 0.3) is 0 Å². The highest BCUT2D eigenvalue weighted by atomic mass is 16.1. The first-order chi connectivity index (χ1) is 6.83. The lowest BCUT2D eigenvalue weighted by molar-refractivity contribution is -0.119. The van der Waals surface area contributed by atoms with Crippen molar-refractivity contribution in [1.29, 1.82) is 0 Å². The van der Waals surface area contributed by atoms with Crippen molar-refractivity contribution < 1.29 is 9.59 Å². The number of Topliss-reactive ketones (excluding diaryl/α,β-unsaturated/α-hetero) is 2. The molecule has 2 nitrogen and oxygen atoms in total. The Balaban J connectivity index is -0.000000218. The number of rotatable bonds is 2. The normalized spacial score (nSPS) is 10.8.